The Morgan fingerprint density at radius 3 is 2.32 bits per heavy atom. The van der Waals surface area contributed by atoms with E-state index in [0.29, 0.717) is 12.0 Å². The predicted molar refractivity (Wildman–Crippen MR) is 98.4 cm³/mol. The van der Waals surface area contributed by atoms with Crippen molar-refractivity contribution in [2.75, 3.05) is 0 Å². The normalized spacial score (nSPS) is 10.8. The van der Waals surface area contributed by atoms with Crippen LogP contribution in [0.4, 0.5) is 0 Å². The Bertz CT molecular complexity index is 708. The van der Waals surface area contributed by atoms with Crippen molar-refractivity contribution in [1.82, 2.24) is 0 Å². The Morgan fingerprint density at radius 2 is 1.68 bits per heavy atom. The molecule has 0 radical (unpaired) electrons. The molecule has 0 aliphatic heterocycles. The number of phenols is 2. The molecule has 2 rings (SSSR count). The van der Waals surface area contributed by atoms with Crippen LogP contribution in [0.15, 0.2) is 36.4 Å². The van der Waals surface area contributed by atoms with Gasteiger partial charge in [0, 0.05) is 12.0 Å². The number of carbonyl (C=O) groups is 1. The van der Waals surface area contributed by atoms with Gasteiger partial charge >= 0.3 is 5.97 Å². The third-order valence-corrected chi connectivity index (χ3v) is 4.45. The Morgan fingerprint density at radius 1 is 1.00 bits per heavy atom. The van der Waals surface area contributed by atoms with E-state index in [1.54, 1.807) is 0 Å². The van der Waals surface area contributed by atoms with Crippen LogP contribution in [0.5, 0.6) is 11.5 Å². The average Bonchev–Trinajstić information content (AvgIpc) is 2.59. The number of aromatic hydroxyl groups is 2. The van der Waals surface area contributed by atoms with Crippen LogP contribution in [0.3, 0.4) is 0 Å². The molecule has 0 aromatic heterocycles. The molecule has 0 saturated carbocycles. The van der Waals surface area contributed by atoms with E-state index in [1.165, 1.54) is 6.07 Å². The second-order valence-electron chi connectivity index (χ2n) is 6.39. The molecule has 0 aliphatic rings. The average molecular weight is 342 g/mol. The van der Waals surface area contributed by atoms with Crippen LogP contribution in [-0.2, 0) is 12.8 Å². The standard InChI is InChI=1S/C21H26O4/c1-2-3-4-5-9-12-16-14-18(22)17(20(23)19(16)21(24)25)13-15-10-7-6-8-11-15/h6-8,10-11,14,22-23H,2-5,9,12-13H2,1H3,(H,24,25). The van der Waals surface area contributed by atoms with Gasteiger partial charge in [-0.1, -0.05) is 62.9 Å². The molecule has 0 spiro atoms. The molecule has 0 atom stereocenters. The summed E-state index contributed by atoms with van der Waals surface area (Å²) >= 11 is 0. The van der Waals surface area contributed by atoms with Crippen LogP contribution in [0.1, 0.15) is 66.1 Å². The lowest BCUT2D eigenvalue weighted by atomic mass is 9.93. The van der Waals surface area contributed by atoms with Gasteiger partial charge in [0.1, 0.15) is 17.1 Å². The fourth-order valence-corrected chi connectivity index (χ4v) is 3.08. The molecule has 2 aromatic rings. The van der Waals surface area contributed by atoms with Crippen molar-refractivity contribution in [3.63, 3.8) is 0 Å². The third-order valence-electron chi connectivity index (χ3n) is 4.45. The molecule has 4 nitrogen and oxygen atoms in total. The van der Waals surface area contributed by atoms with Gasteiger partial charge in [0.25, 0.3) is 0 Å². The zero-order valence-electron chi connectivity index (χ0n) is 14.7. The van der Waals surface area contributed by atoms with Crippen LogP contribution in [0, 0.1) is 0 Å². The first-order chi connectivity index (χ1) is 12.0. The van der Waals surface area contributed by atoms with Crippen LogP contribution < -0.4 is 0 Å². The lowest BCUT2D eigenvalue weighted by Gasteiger charge is -2.14. The molecule has 134 valence electrons. The van der Waals surface area contributed by atoms with E-state index in [9.17, 15) is 20.1 Å². The van der Waals surface area contributed by atoms with Gasteiger partial charge in [0.05, 0.1) is 0 Å². The molecule has 0 saturated heterocycles. The van der Waals surface area contributed by atoms with Gasteiger partial charge in [-0.05, 0) is 30.0 Å². The van der Waals surface area contributed by atoms with E-state index in [-0.39, 0.29) is 29.0 Å². The van der Waals surface area contributed by atoms with Gasteiger partial charge in [0.15, 0.2) is 0 Å². The highest BCUT2D eigenvalue weighted by molar-refractivity contribution is 5.93. The first kappa shape index (κ1) is 18.8. The minimum atomic E-state index is -1.16. The summed E-state index contributed by atoms with van der Waals surface area (Å²) in [6.07, 6.45) is 6.11. The number of aryl methyl sites for hydroxylation is 1. The van der Waals surface area contributed by atoms with Crippen molar-refractivity contribution in [2.24, 2.45) is 0 Å². The number of carboxylic acids is 1. The summed E-state index contributed by atoms with van der Waals surface area (Å²) in [7, 11) is 0. The summed E-state index contributed by atoms with van der Waals surface area (Å²) in [6, 6.07) is 10.9. The molecule has 0 heterocycles. The molecular formula is C21H26O4. The number of phenolic OH excluding ortho intramolecular Hbond substituents is 1. The van der Waals surface area contributed by atoms with Crippen molar-refractivity contribution in [2.45, 2.75) is 51.9 Å². The van der Waals surface area contributed by atoms with E-state index in [1.807, 2.05) is 30.3 Å². The fourth-order valence-electron chi connectivity index (χ4n) is 3.08. The van der Waals surface area contributed by atoms with Crippen molar-refractivity contribution in [3.8, 4) is 11.5 Å². The van der Waals surface area contributed by atoms with Crippen LogP contribution in [-0.4, -0.2) is 21.3 Å². The number of carboxylic acid groups (broad SMARTS) is 1. The second-order valence-corrected chi connectivity index (χ2v) is 6.39. The molecule has 2 aromatic carbocycles. The Labute approximate surface area is 148 Å². The summed E-state index contributed by atoms with van der Waals surface area (Å²) in [5, 5.41) is 30.3. The quantitative estimate of drug-likeness (QED) is 0.566. The highest BCUT2D eigenvalue weighted by Gasteiger charge is 2.22. The van der Waals surface area contributed by atoms with Crippen molar-refractivity contribution in [3.05, 3.63) is 58.7 Å². The van der Waals surface area contributed by atoms with Gasteiger partial charge in [-0.3, -0.25) is 0 Å². The third kappa shape index (κ3) is 4.99. The van der Waals surface area contributed by atoms with E-state index >= 15 is 0 Å². The van der Waals surface area contributed by atoms with Crippen LogP contribution >= 0.6 is 0 Å². The molecule has 0 amide bonds. The van der Waals surface area contributed by atoms with Gasteiger partial charge in [0.2, 0.25) is 0 Å². The number of hydrogen-bond acceptors (Lipinski definition) is 3. The zero-order chi connectivity index (χ0) is 18.2. The maximum absolute atomic E-state index is 11.7. The first-order valence-corrected chi connectivity index (χ1v) is 8.88. The van der Waals surface area contributed by atoms with E-state index in [2.05, 4.69) is 6.92 Å². The van der Waals surface area contributed by atoms with Gasteiger partial charge in [-0.25, -0.2) is 4.79 Å². The smallest absolute Gasteiger partial charge is 0.339 e. The predicted octanol–water partition coefficient (Wildman–Crippen LogP) is 4.90. The molecule has 4 heteroatoms. The van der Waals surface area contributed by atoms with Crippen molar-refractivity contribution < 1.29 is 20.1 Å². The number of rotatable bonds is 9. The number of aromatic carboxylic acids is 1. The van der Waals surface area contributed by atoms with Crippen molar-refractivity contribution >= 4 is 5.97 Å². The van der Waals surface area contributed by atoms with Crippen LogP contribution in [0.2, 0.25) is 0 Å². The zero-order valence-corrected chi connectivity index (χ0v) is 14.7. The second kappa shape index (κ2) is 9.11. The minimum Gasteiger partial charge on any atom is -0.508 e. The number of unbranched alkanes of at least 4 members (excludes halogenated alkanes) is 4. The monoisotopic (exact) mass is 342 g/mol. The van der Waals surface area contributed by atoms with Crippen LogP contribution in [0.25, 0.3) is 0 Å². The molecule has 0 aliphatic carbocycles. The molecule has 0 bridgehead atoms. The number of benzene rings is 2. The first-order valence-electron chi connectivity index (χ1n) is 8.88. The Balaban J connectivity index is 2.25. The summed E-state index contributed by atoms with van der Waals surface area (Å²) in [5.74, 6) is -1.52. The Kier molecular flexibility index (Phi) is 6.87. The van der Waals surface area contributed by atoms with Gasteiger partial charge in [-0.2, -0.15) is 0 Å². The maximum Gasteiger partial charge on any atom is 0.339 e. The van der Waals surface area contributed by atoms with E-state index in [4.69, 9.17) is 0 Å². The molecule has 0 fully saturated rings. The lowest BCUT2D eigenvalue weighted by Crippen LogP contribution is -2.06. The molecule has 3 N–H and O–H groups in total. The highest BCUT2D eigenvalue weighted by atomic mass is 16.4. The van der Waals surface area contributed by atoms with Gasteiger partial charge in [-0.15, -0.1) is 0 Å². The summed E-state index contributed by atoms with van der Waals surface area (Å²) in [4.78, 5) is 11.7. The summed E-state index contributed by atoms with van der Waals surface area (Å²) in [5.41, 5.74) is 1.57. The summed E-state index contributed by atoms with van der Waals surface area (Å²) < 4.78 is 0. The summed E-state index contributed by atoms with van der Waals surface area (Å²) in [6.45, 7) is 2.14. The van der Waals surface area contributed by atoms with E-state index < -0.39 is 5.97 Å². The topological polar surface area (TPSA) is 77.8 Å². The molecule has 0 unspecified atom stereocenters. The fraction of sp³-hybridized carbons (Fsp3) is 0.381. The lowest BCUT2D eigenvalue weighted by molar-refractivity contribution is 0.0692. The molecular weight excluding hydrogens is 316 g/mol. The largest absolute Gasteiger partial charge is 0.508 e. The SMILES string of the molecule is CCCCCCCc1cc(O)c(Cc2ccccc2)c(O)c1C(=O)O. The van der Waals surface area contributed by atoms with E-state index in [0.717, 1.165) is 37.7 Å². The number of hydrogen-bond donors (Lipinski definition) is 3. The highest BCUT2D eigenvalue weighted by Crippen LogP contribution is 2.36. The van der Waals surface area contributed by atoms with Crippen molar-refractivity contribution in [1.29, 1.82) is 0 Å². The maximum atomic E-state index is 11.7. The minimum absolute atomic E-state index is 0.0464. The molecule has 25 heavy (non-hydrogen) atoms. The Hall–Kier alpha value is -2.49. The van der Waals surface area contributed by atoms with Gasteiger partial charge < -0.3 is 15.3 Å².